The standard InChI is InChI=1S/C10H12ClFO/c1-10(2,12)7-4-5-9(13-3)8(11)6-7/h4-6H,1-3H3. The summed E-state index contributed by atoms with van der Waals surface area (Å²) in [5.74, 6) is 0.565. The SMILES string of the molecule is COc1ccc(C(C)(C)F)cc1Cl. The summed E-state index contributed by atoms with van der Waals surface area (Å²) in [4.78, 5) is 0. The molecule has 0 saturated heterocycles. The normalized spacial score (nSPS) is 11.5. The van der Waals surface area contributed by atoms with E-state index in [1.54, 1.807) is 18.2 Å². The Morgan fingerprint density at radius 3 is 2.38 bits per heavy atom. The summed E-state index contributed by atoms with van der Waals surface area (Å²) in [7, 11) is 1.53. The second kappa shape index (κ2) is 3.54. The number of ether oxygens (including phenoxy) is 1. The van der Waals surface area contributed by atoms with Crippen molar-refractivity contribution in [3.8, 4) is 5.75 Å². The number of methoxy groups -OCH3 is 1. The second-order valence-corrected chi connectivity index (χ2v) is 3.73. The van der Waals surface area contributed by atoms with Crippen LogP contribution in [0.3, 0.4) is 0 Å². The van der Waals surface area contributed by atoms with E-state index in [4.69, 9.17) is 16.3 Å². The van der Waals surface area contributed by atoms with E-state index in [9.17, 15) is 4.39 Å². The van der Waals surface area contributed by atoms with Crippen molar-refractivity contribution in [1.82, 2.24) is 0 Å². The van der Waals surface area contributed by atoms with E-state index in [0.29, 0.717) is 16.3 Å². The molecule has 0 aliphatic heterocycles. The molecule has 0 aliphatic rings. The molecular formula is C10H12ClFO. The zero-order chi connectivity index (χ0) is 10.1. The molecule has 1 rings (SSSR count). The zero-order valence-corrected chi connectivity index (χ0v) is 8.65. The predicted molar refractivity (Wildman–Crippen MR) is 52.1 cm³/mol. The number of alkyl halides is 1. The number of hydrogen-bond donors (Lipinski definition) is 0. The van der Waals surface area contributed by atoms with Gasteiger partial charge in [-0.05, 0) is 31.5 Å². The molecule has 1 aromatic carbocycles. The second-order valence-electron chi connectivity index (χ2n) is 3.32. The molecule has 0 spiro atoms. The molecule has 1 nitrogen and oxygen atoms in total. The smallest absolute Gasteiger partial charge is 0.137 e. The first-order chi connectivity index (χ1) is 5.95. The molecule has 0 aliphatic carbocycles. The van der Waals surface area contributed by atoms with Gasteiger partial charge in [-0.15, -0.1) is 0 Å². The van der Waals surface area contributed by atoms with Crippen LogP contribution in [0.25, 0.3) is 0 Å². The molecule has 0 saturated carbocycles. The van der Waals surface area contributed by atoms with Gasteiger partial charge in [0.1, 0.15) is 11.4 Å². The van der Waals surface area contributed by atoms with E-state index in [0.717, 1.165) is 0 Å². The minimum Gasteiger partial charge on any atom is -0.495 e. The maximum absolute atomic E-state index is 13.4. The fourth-order valence-corrected chi connectivity index (χ4v) is 1.29. The quantitative estimate of drug-likeness (QED) is 0.713. The highest BCUT2D eigenvalue weighted by Crippen LogP contribution is 2.31. The molecule has 0 atom stereocenters. The number of rotatable bonds is 2. The van der Waals surface area contributed by atoms with E-state index in [2.05, 4.69) is 0 Å². The van der Waals surface area contributed by atoms with E-state index in [1.807, 2.05) is 0 Å². The molecule has 3 heteroatoms. The van der Waals surface area contributed by atoms with Gasteiger partial charge in [0.15, 0.2) is 0 Å². The third-order valence-electron chi connectivity index (χ3n) is 1.84. The highest BCUT2D eigenvalue weighted by Gasteiger charge is 2.19. The van der Waals surface area contributed by atoms with Crippen molar-refractivity contribution in [3.63, 3.8) is 0 Å². The number of halogens is 2. The molecule has 1 aromatic rings. The minimum atomic E-state index is -1.37. The van der Waals surface area contributed by atoms with Gasteiger partial charge < -0.3 is 4.74 Å². The van der Waals surface area contributed by atoms with Crippen LogP contribution in [0.5, 0.6) is 5.75 Å². The molecule has 0 N–H and O–H groups in total. The Kier molecular flexibility index (Phi) is 2.81. The van der Waals surface area contributed by atoms with E-state index >= 15 is 0 Å². The molecule has 0 aromatic heterocycles. The Morgan fingerprint density at radius 2 is 2.00 bits per heavy atom. The fraction of sp³-hybridized carbons (Fsp3) is 0.400. The van der Waals surface area contributed by atoms with Gasteiger partial charge in [0, 0.05) is 0 Å². The predicted octanol–water partition coefficient (Wildman–Crippen LogP) is 3.55. The Hall–Kier alpha value is -0.760. The topological polar surface area (TPSA) is 9.23 Å². The summed E-state index contributed by atoms with van der Waals surface area (Å²) >= 11 is 5.84. The van der Waals surface area contributed by atoms with Crippen LogP contribution in [0.4, 0.5) is 4.39 Å². The fourth-order valence-electron chi connectivity index (χ4n) is 1.04. The van der Waals surface area contributed by atoms with Crippen LogP contribution in [0, 0.1) is 0 Å². The summed E-state index contributed by atoms with van der Waals surface area (Å²) in [6.45, 7) is 2.98. The summed E-state index contributed by atoms with van der Waals surface area (Å²) in [5.41, 5.74) is -0.811. The lowest BCUT2D eigenvalue weighted by atomic mass is 10.0. The third kappa shape index (κ3) is 2.34. The van der Waals surface area contributed by atoms with Crippen LogP contribution in [0.2, 0.25) is 5.02 Å². The molecule has 72 valence electrons. The zero-order valence-electron chi connectivity index (χ0n) is 7.90. The first-order valence-electron chi connectivity index (χ1n) is 3.98. The Labute approximate surface area is 82.5 Å². The number of benzene rings is 1. The van der Waals surface area contributed by atoms with Crippen LogP contribution < -0.4 is 4.74 Å². The molecule has 13 heavy (non-hydrogen) atoms. The van der Waals surface area contributed by atoms with E-state index in [1.165, 1.54) is 21.0 Å². The van der Waals surface area contributed by atoms with Crippen molar-refractivity contribution in [2.45, 2.75) is 19.5 Å². The van der Waals surface area contributed by atoms with Gasteiger partial charge in [0.25, 0.3) is 0 Å². The molecular weight excluding hydrogens is 191 g/mol. The highest BCUT2D eigenvalue weighted by molar-refractivity contribution is 6.32. The lowest BCUT2D eigenvalue weighted by Crippen LogP contribution is -2.08. The first-order valence-corrected chi connectivity index (χ1v) is 4.36. The van der Waals surface area contributed by atoms with Crippen LogP contribution in [-0.2, 0) is 5.67 Å². The van der Waals surface area contributed by atoms with Crippen molar-refractivity contribution < 1.29 is 9.13 Å². The van der Waals surface area contributed by atoms with Gasteiger partial charge >= 0.3 is 0 Å². The van der Waals surface area contributed by atoms with Gasteiger partial charge in [-0.25, -0.2) is 4.39 Å². The molecule has 0 fully saturated rings. The molecule has 0 heterocycles. The van der Waals surface area contributed by atoms with Crippen molar-refractivity contribution in [3.05, 3.63) is 28.8 Å². The average Bonchev–Trinajstić information content (AvgIpc) is 2.02. The van der Waals surface area contributed by atoms with Crippen LogP contribution in [0.1, 0.15) is 19.4 Å². The monoisotopic (exact) mass is 202 g/mol. The van der Waals surface area contributed by atoms with Crippen LogP contribution in [0.15, 0.2) is 18.2 Å². The summed E-state index contributed by atoms with van der Waals surface area (Å²) in [5, 5.41) is 0.436. The van der Waals surface area contributed by atoms with E-state index in [-0.39, 0.29) is 0 Å². The van der Waals surface area contributed by atoms with Crippen molar-refractivity contribution in [2.75, 3.05) is 7.11 Å². The summed E-state index contributed by atoms with van der Waals surface area (Å²) in [6, 6.07) is 4.92. The van der Waals surface area contributed by atoms with Crippen LogP contribution >= 0.6 is 11.6 Å². The lowest BCUT2D eigenvalue weighted by molar-refractivity contribution is 0.221. The molecule has 0 unspecified atom stereocenters. The van der Waals surface area contributed by atoms with Gasteiger partial charge in [0.05, 0.1) is 12.1 Å². The number of hydrogen-bond acceptors (Lipinski definition) is 1. The lowest BCUT2D eigenvalue weighted by Gasteiger charge is -2.15. The molecule has 0 bridgehead atoms. The maximum Gasteiger partial charge on any atom is 0.137 e. The highest BCUT2D eigenvalue weighted by atomic mass is 35.5. The van der Waals surface area contributed by atoms with Gasteiger partial charge in [0.2, 0.25) is 0 Å². The van der Waals surface area contributed by atoms with E-state index < -0.39 is 5.67 Å². The third-order valence-corrected chi connectivity index (χ3v) is 2.13. The first kappa shape index (κ1) is 10.3. The maximum atomic E-state index is 13.4. The van der Waals surface area contributed by atoms with Crippen LogP contribution in [-0.4, -0.2) is 7.11 Å². The molecule has 0 radical (unpaired) electrons. The summed E-state index contributed by atoms with van der Waals surface area (Å²) < 4.78 is 18.4. The van der Waals surface area contributed by atoms with Gasteiger partial charge in [-0.1, -0.05) is 17.7 Å². The minimum absolute atomic E-state index is 0.436. The van der Waals surface area contributed by atoms with Crippen molar-refractivity contribution in [2.24, 2.45) is 0 Å². The Balaban J connectivity index is 3.10. The Bertz CT molecular complexity index is 304. The van der Waals surface area contributed by atoms with Crippen molar-refractivity contribution in [1.29, 1.82) is 0 Å². The Morgan fingerprint density at radius 1 is 1.38 bits per heavy atom. The summed E-state index contributed by atoms with van der Waals surface area (Å²) in [6.07, 6.45) is 0. The average molecular weight is 203 g/mol. The van der Waals surface area contributed by atoms with Crippen molar-refractivity contribution >= 4 is 11.6 Å². The largest absolute Gasteiger partial charge is 0.495 e. The van der Waals surface area contributed by atoms with Gasteiger partial charge in [-0.2, -0.15) is 0 Å². The molecule has 0 amide bonds. The van der Waals surface area contributed by atoms with Gasteiger partial charge in [-0.3, -0.25) is 0 Å².